The number of aryl methyl sites for hydroxylation is 1. The monoisotopic (exact) mass is 355 g/mol. The summed E-state index contributed by atoms with van der Waals surface area (Å²) in [5.41, 5.74) is 6.53. The second-order valence-electron chi connectivity index (χ2n) is 7.32. The maximum atomic E-state index is 11.9. The van der Waals surface area contributed by atoms with Crippen LogP contribution in [0.2, 0.25) is 0 Å². The molecule has 1 saturated carbocycles. The molecule has 2 bridgehead atoms. The van der Waals surface area contributed by atoms with Gasteiger partial charge in [0.25, 0.3) is 0 Å². The minimum Gasteiger partial charge on any atom is -0.369 e. The number of amides is 1. The number of carbonyl (C=O) groups is 1. The van der Waals surface area contributed by atoms with Crippen LogP contribution >= 0.6 is 0 Å². The van der Waals surface area contributed by atoms with Crippen LogP contribution in [0.15, 0.2) is 24.7 Å². The number of nitrogens with zero attached hydrogens (tertiary/aromatic N) is 5. The first-order valence-electron chi connectivity index (χ1n) is 9.21. The summed E-state index contributed by atoms with van der Waals surface area (Å²) in [4.78, 5) is 23.2. The summed E-state index contributed by atoms with van der Waals surface area (Å²) < 4.78 is 1.73. The molecule has 4 atom stereocenters. The molecule has 0 aromatic carbocycles. The lowest BCUT2D eigenvalue weighted by Gasteiger charge is -2.30. The average molecular weight is 355 g/mol. The minimum absolute atomic E-state index is 0.0488. The van der Waals surface area contributed by atoms with Gasteiger partial charge in [-0.2, -0.15) is 10.1 Å². The lowest BCUT2D eigenvalue weighted by molar-refractivity contribution is -0.123. The zero-order chi connectivity index (χ0) is 18.3. The van der Waals surface area contributed by atoms with Crippen LogP contribution in [-0.2, 0) is 11.8 Å². The molecule has 2 aromatic rings. The molecule has 26 heavy (non-hydrogen) atoms. The molecule has 2 aromatic heterocycles. The summed E-state index contributed by atoms with van der Waals surface area (Å²) >= 11 is 0. The zero-order valence-electron chi connectivity index (χ0n) is 15.2. The maximum absolute atomic E-state index is 11.9. The fourth-order valence-corrected chi connectivity index (χ4v) is 4.76. The first kappa shape index (κ1) is 16.8. The van der Waals surface area contributed by atoms with E-state index in [1.807, 2.05) is 19.3 Å². The van der Waals surface area contributed by atoms with Crippen LogP contribution in [-0.4, -0.2) is 38.2 Å². The smallest absolute Gasteiger partial charge is 0.229 e. The third kappa shape index (κ3) is 2.89. The van der Waals surface area contributed by atoms with Gasteiger partial charge in [0.15, 0.2) is 0 Å². The highest BCUT2D eigenvalue weighted by Gasteiger charge is 2.51. The Kier molecular flexibility index (Phi) is 4.26. The lowest BCUT2D eigenvalue weighted by atomic mass is 9.82. The summed E-state index contributed by atoms with van der Waals surface area (Å²) in [6.45, 7) is 2.99. The number of aromatic nitrogens is 4. The van der Waals surface area contributed by atoms with E-state index in [0.29, 0.717) is 23.8 Å². The van der Waals surface area contributed by atoms with Gasteiger partial charge in [-0.1, -0.05) is 6.92 Å². The van der Waals surface area contributed by atoms with Gasteiger partial charge in [0.05, 0.1) is 11.9 Å². The number of hydrogen-bond donors (Lipinski definition) is 2. The van der Waals surface area contributed by atoms with Crippen LogP contribution in [0.4, 0.5) is 17.5 Å². The number of nitrogens with one attached hydrogen (secondary N) is 1. The maximum Gasteiger partial charge on any atom is 0.229 e. The molecule has 2 fully saturated rings. The van der Waals surface area contributed by atoms with E-state index in [0.717, 1.165) is 30.9 Å². The van der Waals surface area contributed by atoms with Crippen LogP contribution in [0.1, 0.15) is 26.2 Å². The van der Waals surface area contributed by atoms with Crippen molar-refractivity contribution in [2.45, 2.75) is 32.2 Å². The minimum atomic E-state index is -0.169. The Morgan fingerprint density at radius 1 is 1.46 bits per heavy atom. The SMILES string of the molecule is CCC(C(N)=O)[C@H]1C2CCC1N(c1ccnc(Nc3cnn(C)c3)n1)C2. The van der Waals surface area contributed by atoms with Crippen LogP contribution in [0.25, 0.3) is 0 Å². The third-order valence-corrected chi connectivity index (χ3v) is 5.82. The average Bonchev–Trinajstić information content (AvgIpc) is 3.31. The fourth-order valence-electron chi connectivity index (χ4n) is 4.76. The number of fused-ring (bicyclic) bond motifs is 2. The second kappa shape index (κ2) is 6.59. The number of carbonyl (C=O) groups excluding carboxylic acids is 1. The fraction of sp³-hybridized carbons (Fsp3) is 0.556. The van der Waals surface area contributed by atoms with Crippen molar-refractivity contribution >= 4 is 23.4 Å². The summed E-state index contributed by atoms with van der Waals surface area (Å²) in [6.07, 6.45) is 8.45. The number of anilines is 3. The van der Waals surface area contributed by atoms with Crippen molar-refractivity contribution in [3.63, 3.8) is 0 Å². The Hall–Kier alpha value is -2.64. The van der Waals surface area contributed by atoms with Gasteiger partial charge in [0.1, 0.15) is 5.82 Å². The van der Waals surface area contributed by atoms with E-state index in [2.05, 4.69) is 27.2 Å². The van der Waals surface area contributed by atoms with Crippen molar-refractivity contribution in [3.05, 3.63) is 24.7 Å². The molecule has 8 heteroatoms. The third-order valence-electron chi connectivity index (χ3n) is 5.82. The van der Waals surface area contributed by atoms with E-state index in [4.69, 9.17) is 10.7 Å². The summed E-state index contributed by atoms with van der Waals surface area (Å²) in [5, 5.41) is 7.33. The van der Waals surface area contributed by atoms with Gasteiger partial charge in [0.2, 0.25) is 11.9 Å². The van der Waals surface area contributed by atoms with Crippen molar-refractivity contribution < 1.29 is 4.79 Å². The van der Waals surface area contributed by atoms with Crippen LogP contribution < -0.4 is 16.0 Å². The van der Waals surface area contributed by atoms with E-state index in [-0.39, 0.29) is 11.8 Å². The molecule has 3 heterocycles. The summed E-state index contributed by atoms with van der Waals surface area (Å²) in [6, 6.07) is 2.27. The first-order chi connectivity index (χ1) is 12.6. The van der Waals surface area contributed by atoms with Crippen LogP contribution in [0.5, 0.6) is 0 Å². The van der Waals surface area contributed by atoms with E-state index in [1.165, 1.54) is 6.42 Å². The van der Waals surface area contributed by atoms with Crippen molar-refractivity contribution in [1.82, 2.24) is 19.7 Å². The Morgan fingerprint density at radius 3 is 3.00 bits per heavy atom. The number of hydrogen-bond acceptors (Lipinski definition) is 6. The number of rotatable bonds is 6. The first-order valence-corrected chi connectivity index (χ1v) is 9.21. The number of piperidine rings is 1. The molecule has 8 nitrogen and oxygen atoms in total. The zero-order valence-corrected chi connectivity index (χ0v) is 15.2. The molecule has 1 amide bonds. The molecule has 0 spiro atoms. The van der Waals surface area contributed by atoms with Gasteiger partial charge < -0.3 is 16.0 Å². The summed E-state index contributed by atoms with van der Waals surface area (Å²) in [5.74, 6) is 2.09. The Balaban J connectivity index is 1.55. The molecule has 3 unspecified atom stereocenters. The van der Waals surface area contributed by atoms with Gasteiger partial charge in [-0.3, -0.25) is 9.48 Å². The predicted molar refractivity (Wildman–Crippen MR) is 98.8 cm³/mol. The molecule has 3 N–H and O–H groups in total. The molecule has 4 rings (SSSR count). The highest BCUT2D eigenvalue weighted by Crippen LogP contribution is 2.48. The molecule has 2 aliphatic rings. The molecule has 138 valence electrons. The van der Waals surface area contributed by atoms with Gasteiger partial charge in [0, 0.05) is 37.9 Å². The van der Waals surface area contributed by atoms with Crippen LogP contribution in [0.3, 0.4) is 0 Å². The van der Waals surface area contributed by atoms with Crippen molar-refractivity contribution in [1.29, 1.82) is 0 Å². The van der Waals surface area contributed by atoms with E-state index in [1.54, 1.807) is 17.1 Å². The molecular weight excluding hydrogens is 330 g/mol. The highest BCUT2D eigenvalue weighted by molar-refractivity contribution is 5.77. The van der Waals surface area contributed by atoms with Crippen molar-refractivity contribution in [2.75, 3.05) is 16.8 Å². The Bertz CT molecular complexity index is 804. The topological polar surface area (TPSA) is 102 Å². The molecule has 1 aliphatic heterocycles. The summed E-state index contributed by atoms with van der Waals surface area (Å²) in [7, 11) is 1.87. The lowest BCUT2D eigenvalue weighted by Crippen LogP contribution is -2.38. The largest absolute Gasteiger partial charge is 0.369 e. The molecule has 1 aliphatic carbocycles. The van der Waals surface area contributed by atoms with Gasteiger partial charge in [-0.25, -0.2) is 4.98 Å². The molecule has 1 saturated heterocycles. The van der Waals surface area contributed by atoms with E-state index in [9.17, 15) is 4.79 Å². The molecule has 0 radical (unpaired) electrons. The standard InChI is InChI=1S/C18H25N7O/c1-3-13(17(19)26)16-11-4-5-14(16)25(9-11)15-6-7-20-18(23-15)22-12-8-21-24(2)10-12/h6-8,10-11,13-14,16H,3-5,9H2,1-2H3,(H2,19,26)(H,20,22,23)/t11?,13?,14?,16-/m1/s1. The Morgan fingerprint density at radius 2 is 2.31 bits per heavy atom. The van der Waals surface area contributed by atoms with Gasteiger partial charge in [-0.15, -0.1) is 0 Å². The van der Waals surface area contributed by atoms with Crippen molar-refractivity contribution in [3.8, 4) is 0 Å². The normalized spacial score (nSPS) is 25.5. The number of nitrogens with two attached hydrogens (primary N) is 1. The van der Waals surface area contributed by atoms with Gasteiger partial charge >= 0.3 is 0 Å². The van der Waals surface area contributed by atoms with Crippen LogP contribution in [0, 0.1) is 17.8 Å². The predicted octanol–water partition coefficient (Wildman–Crippen LogP) is 1.68. The quantitative estimate of drug-likeness (QED) is 0.817. The Labute approximate surface area is 152 Å². The number of primary amides is 1. The van der Waals surface area contributed by atoms with Gasteiger partial charge in [-0.05, 0) is 37.2 Å². The highest BCUT2D eigenvalue weighted by atomic mass is 16.1. The van der Waals surface area contributed by atoms with E-state index >= 15 is 0 Å². The van der Waals surface area contributed by atoms with Crippen molar-refractivity contribution in [2.24, 2.45) is 30.5 Å². The molecular formula is C18H25N7O. The second-order valence-corrected chi connectivity index (χ2v) is 7.32. The van der Waals surface area contributed by atoms with E-state index < -0.39 is 0 Å².